The van der Waals surface area contributed by atoms with Gasteiger partial charge in [0.15, 0.2) is 5.96 Å². The molecule has 0 spiro atoms. The van der Waals surface area contributed by atoms with E-state index in [9.17, 15) is 0 Å². The maximum Gasteiger partial charge on any atom is 0.218 e. The van der Waals surface area contributed by atoms with E-state index in [0.717, 1.165) is 44.0 Å². The smallest absolute Gasteiger partial charge is 0.218 e. The number of hydrogen-bond acceptors (Lipinski definition) is 4. The summed E-state index contributed by atoms with van der Waals surface area (Å²) in [7, 11) is 1.64. The van der Waals surface area contributed by atoms with E-state index in [0.29, 0.717) is 24.5 Å². The van der Waals surface area contributed by atoms with Crippen molar-refractivity contribution in [2.75, 3.05) is 26.7 Å². The number of guanidine groups is 1. The van der Waals surface area contributed by atoms with Gasteiger partial charge < -0.3 is 20.3 Å². The molecule has 0 bridgehead atoms. The Hall–Kier alpha value is -1.09. The lowest BCUT2D eigenvalue weighted by molar-refractivity contribution is 0.167. The second kappa shape index (κ2) is 11.5. The lowest BCUT2D eigenvalue weighted by Gasteiger charge is -2.35. The van der Waals surface area contributed by atoms with E-state index in [4.69, 9.17) is 9.73 Å². The van der Waals surface area contributed by atoms with Crippen LogP contribution in [0.25, 0.3) is 0 Å². The highest BCUT2D eigenvalue weighted by Gasteiger charge is 2.21. The minimum Gasteiger partial charge on any atom is -0.481 e. The first-order chi connectivity index (χ1) is 11.6. The minimum atomic E-state index is 0. The molecule has 7 heteroatoms. The number of likely N-dealkylation sites (tertiary alicyclic amines) is 1. The van der Waals surface area contributed by atoms with Gasteiger partial charge in [0, 0.05) is 43.5 Å². The maximum absolute atomic E-state index is 5.30. The number of hydrogen-bond donors (Lipinski definition) is 2. The summed E-state index contributed by atoms with van der Waals surface area (Å²) >= 11 is 0. The molecule has 0 aliphatic carbocycles. The van der Waals surface area contributed by atoms with Crippen LogP contribution in [-0.2, 0) is 6.54 Å². The standard InChI is InChI=1S/C18H31N5O.HI/c1-5-19-18(21-13-15-7-6-10-20-17(15)24-4)22-16-8-11-23(12-9-16)14(2)3;/h6-7,10,14,16H,5,8-9,11-13H2,1-4H3,(H2,19,21,22);1H. The summed E-state index contributed by atoms with van der Waals surface area (Å²) in [4.78, 5) is 11.5. The van der Waals surface area contributed by atoms with Gasteiger partial charge in [-0.25, -0.2) is 9.98 Å². The molecule has 0 aromatic carbocycles. The van der Waals surface area contributed by atoms with Crippen molar-refractivity contribution in [1.82, 2.24) is 20.5 Å². The van der Waals surface area contributed by atoms with Crippen molar-refractivity contribution >= 4 is 29.9 Å². The van der Waals surface area contributed by atoms with Crippen molar-refractivity contribution in [3.05, 3.63) is 23.9 Å². The fourth-order valence-corrected chi connectivity index (χ4v) is 2.97. The molecule has 1 aliphatic rings. The van der Waals surface area contributed by atoms with E-state index < -0.39 is 0 Å². The lowest BCUT2D eigenvalue weighted by Crippen LogP contribution is -2.49. The molecule has 1 aromatic rings. The molecule has 25 heavy (non-hydrogen) atoms. The highest BCUT2D eigenvalue weighted by molar-refractivity contribution is 14.0. The van der Waals surface area contributed by atoms with Gasteiger partial charge in [0.05, 0.1) is 13.7 Å². The number of pyridine rings is 1. The first-order valence-electron chi connectivity index (χ1n) is 8.90. The molecule has 0 atom stereocenters. The van der Waals surface area contributed by atoms with Crippen LogP contribution in [0.3, 0.4) is 0 Å². The molecule has 142 valence electrons. The second-order valence-electron chi connectivity index (χ2n) is 6.42. The van der Waals surface area contributed by atoms with E-state index >= 15 is 0 Å². The number of aliphatic imine (C=N–C) groups is 1. The molecule has 1 aliphatic heterocycles. The van der Waals surface area contributed by atoms with Crippen molar-refractivity contribution in [3.8, 4) is 5.88 Å². The number of ether oxygens (including phenoxy) is 1. The third-order valence-electron chi connectivity index (χ3n) is 4.40. The normalized spacial score (nSPS) is 16.4. The summed E-state index contributed by atoms with van der Waals surface area (Å²) in [6.45, 7) is 10.3. The van der Waals surface area contributed by atoms with Crippen molar-refractivity contribution < 1.29 is 4.74 Å². The molecule has 2 rings (SSSR count). The van der Waals surface area contributed by atoms with Crippen LogP contribution in [0.5, 0.6) is 5.88 Å². The Bertz CT molecular complexity index is 530. The van der Waals surface area contributed by atoms with Crippen LogP contribution in [0.2, 0.25) is 0 Å². The van der Waals surface area contributed by atoms with Crippen LogP contribution in [0.4, 0.5) is 0 Å². The zero-order valence-corrected chi connectivity index (χ0v) is 18.1. The molecule has 0 unspecified atom stereocenters. The van der Waals surface area contributed by atoms with Gasteiger partial charge in [0.1, 0.15) is 0 Å². The average Bonchev–Trinajstić information content (AvgIpc) is 2.60. The van der Waals surface area contributed by atoms with Gasteiger partial charge in [0.2, 0.25) is 5.88 Å². The van der Waals surface area contributed by atoms with Gasteiger partial charge in [-0.05, 0) is 39.7 Å². The number of methoxy groups -OCH3 is 1. The van der Waals surface area contributed by atoms with E-state index in [1.807, 2.05) is 12.1 Å². The van der Waals surface area contributed by atoms with Crippen molar-refractivity contribution in [1.29, 1.82) is 0 Å². The first-order valence-corrected chi connectivity index (χ1v) is 8.90. The predicted molar refractivity (Wildman–Crippen MR) is 114 cm³/mol. The number of nitrogens with zero attached hydrogens (tertiary/aromatic N) is 3. The zero-order chi connectivity index (χ0) is 17.4. The van der Waals surface area contributed by atoms with Crippen LogP contribution in [0.1, 0.15) is 39.2 Å². The maximum atomic E-state index is 5.30. The minimum absolute atomic E-state index is 0. The topological polar surface area (TPSA) is 61.8 Å². The Morgan fingerprint density at radius 2 is 2.12 bits per heavy atom. The SMILES string of the molecule is CCNC(=NCc1cccnc1OC)NC1CCN(C(C)C)CC1.I. The van der Waals surface area contributed by atoms with Gasteiger partial charge >= 0.3 is 0 Å². The van der Waals surface area contributed by atoms with Crippen LogP contribution < -0.4 is 15.4 Å². The monoisotopic (exact) mass is 461 g/mol. The quantitative estimate of drug-likeness (QED) is 0.388. The van der Waals surface area contributed by atoms with E-state index in [1.165, 1.54) is 0 Å². The molecule has 1 aromatic heterocycles. The van der Waals surface area contributed by atoms with Crippen LogP contribution in [0.15, 0.2) is 23.3 Å². The number of piperidine rings is 1. The fraction of sp³-hybridized carbons (Fsp3) is 0.667. The van der Waals surface area contributed by atoms with Gasteiger partial charge in [-0.2, -0.15) is 0 Å². The summed E-state index contributed by atoms with van der Waals surface area (Å²) in [6, 6.07) is 5.02. The molecule has 1 saturated heterocycles. The van der Waals surface area contributed by atoms with E-state index in [-0.39, 0.29) is 24.0 Å². The number of aromatic nitrogens is 1. The Morgan fingerprint density at radius 1 is 1.40 bits per heavy atom. The molecule has 2 heterocycles. The highest BCUT2D eigenvalue weighted by atomic mass is 127. The molecule has 0 radical (unpaired) electrons. The molecular formula is C18H32IN5O. The summed E-state index contributed by atoms with van der Waals surface area (Å²) in [5, 5.41) is 6.91. The van der Waals surface area contributed by atoms with Gasteiger partial charge in [0.25, 0.3) is 0 Å². The van der Waals surface area contributed by atoms with Crippen LogP contribution >= 0.6 is 24.0 Å². The summed E-state index contributed by atoms with van der Waals surface area (Å²) in [6.07, 6.45) is 4.04. The third kappa shape index (κ3) is 6.97. The summed E-state index contributed by atoms with van der Waals surface area (Å²) in [5.41, 5.74) is 0.992. The second-order valence-corrected chi connectivity index (χ2v) is 6.42. The largest absolute Gasteiger partial charge is 0.481 e. The van der Waals surface area contributed by atoms with Crippen LogP contribution in [0, 0.1) is 0 Å². The van der Waals surface area contributed by atoms with E-state index in [2.05, 4.69) is 41.3 Å². The molecule has 6 nitrogen and oxygen atoms in total. The van der Waals surface area contributed by atoms with Crippen molar-refractivity contribution in [3.63, 3.8) is 0 Å². The number of rotatable bonds is 6. The van der Waals surface area contributed by atoms with Crippen molar-refractivity contribution in [2.45, 2.75) is 52.2 Å². The molecule has 1 fully saturated rings. The Labute approximate surface area is 168 Å². The first kappa shape index (κ1) is 22.0. The van der Waals surface area contributed by atoms with Crippen molar-refractivity contribution in [2.24, 2.45) is 4.99 Å². The van der Waals surface area contributed by atoms with E-state index in [1.54, 1.807) is 13.3 Å². The average molecular weight is 461 g/mol. The third-order valence-corrected chi connectivity index (χ3v) is 4.40. The Kier molecular flexibility index (Phi) is 10.1. The zero-order valence-electron chi connectivity index (χ0n) is 15.8. The molecular weight excluding hydrogens is 429 g/mol. The highest BCUT2D eigenvalue weighted by Crippen LogP contribution is 2.15. The lowest BCUT2D eigenvalue weighted by atomic mass is 10.0. The Morgan fingerprint density at radius 3 is 2.72 bits per heavy atom. The fourth-order valence-electron chi connectivity index (χ4n) is 2.97. The summed E-state index contributed by atoms with van der Waals surface area (Å²) in [5.74, 6) is 1.51. The molecule has 0 saturated carbocycles. The summed E-state index contributed by atoms with van der Waals surface area (Å²) < 4.78 is 5.30. The van der Waals surface area contributed by atoms with Gasteiger partial charge in [-0.15, -0.1) is 24.0 Å². The molecule has 2 N–H and O–H groups in total. The molecule has 0 amide bonds. The number of nitrogens with one attached hydrogen (secondary N) is 2. The Balaban J connectivity index is 0.00000312. The van der Waals surface area contributed by atoms with Gasteiger partial charge in [-0.1, -0.05) is 6.07 Å². The number of halogens is 1. The predicted octanol–water partition coefficient (Wildman–Crippen LogP) is 2.64. The van der Waals surface area contributed by atoms with Crippen LogP contribution in [-0.4, -0.2) is 54.7 Å². The van der Waals surface area contributed by atoms with Gasteiger partial charge in [-0.3, -0.25) is 0 Å².